The zero-order valence-electron chi connectivity index (χ0n) is 9.45. The summed E-state index contributed by atoms with van der Waals surface area (Å²) in [5.74, 6) is 0.475. The van der Waals surface area contributed by atoms with Crippen LogP contribution in [-0.4, -0.2) is 38.0 Å². The maximum atomic E-state index is 9.20. The van der Waals surface area contributed by atoms with Crippen molar-refractivity contribution in [1.29, 1.82) is 0 Å². The second kappa shape index (κ2) is 5.11. The van der Waals surface area contributed by atoms with E-state index < -0.39 is 0 Å². The summed E-state index contributed by atoms with van der Waals surface area (Å²) in [6, 6.07) is 1.86. The van der Waals surface area contributed by atoms with Crippen molar-refractivity contribution in [3.63, 3.8) is 0 Å². The molecule has 0 amide bonds. The van der Waals surface area contributed by atoms with Crippen LogP contribution < -0.4 is 5.73 Å². The zero-order chi connectivity index (χ0) is 12.3. The van der Waals surface area contributed by atoms with Gasteiger partial charge in [-0.3, -0.25) is 0 Å². The molecule has 0 aromatic carbocycles. The van der Waals surface area contributed by atoms with Gasteiger partial charge in [-0.05, 0) is 12.5 Å². The van der Waals surface area contributed by atoms with Gasteiger partial charge in [-0.2, -0.15) is 0 Å². The van der Waals surface area contributed by atoms with E-state index in [1.165, 1.54) is 6.33 Å². The van der Waals surface area contributed by atoms with Crippen molar-refractivity contribution in [2.24, 2.45) is 5.92 Å². The molecule has 6 nitrogen and oxygen atoms in total. The maximum absolute atomic E-state index is 9.20. The second-order valence-electron chi connectivity index (χ2n) is 4.03. The molecule has 17 heavy (non-hydrogen) atoms. The Morgan fingerprint density at radius 1 is 1.35 bits per heavy atom. The van der Waals surface area contributed by atoms with Crippen molar-refractivity contribution in [3.05, 3.63) is 18.6 Å². The van der Waals surface area contributed by atoms with Gasteiger partial charge in [0.2, 0.25) is 0 Å². The number of rotatable bonds is 5. The molecular formula is C11H16N4O2. The number of hydrogen-bond acceptors (Lipinski definition) is 5. The number of fused-ring (bicyclic) bond motifs is 1. The van der Waals surface area contributed by atoms with Gasteiger partial charge in [0.1, 0.15) is 17.8 Å². The molecule has 92 valence electrons. The van der Waals surface area contributed by atoms with E-state index in [9.17, 15) is 5.11 Å². The summed E-state index contributed by atoms with van der Waals surface area (Å²) in [6.07, 6.45) is 3.86. The van der Waals surface area contributed by atoms with Crippen molar-refractivity contribution < 1.29 is 10.2 Å². The third-order valence-corrected chi connectivity index (χ3v) is 2.84. The first kappa shape index (κ1) is 11.8. The highest BCUT2D eigenvalue weighted by Gasteiger charge is 2.11. The first-order chi connectivity index (χ1) is 8.26. The minimum Gasteiger partial charge on any atom is -0.396 e. The predicted octanol–water partition coefficient (Wildman–Crippen LogP) is 0.00440. The van der Waals surface area contributed by atoms with Gasteiger partial charge in [-0.1, -0.05) is 0 Å². The van der Waals surface area contributed by atoms with Crippen LogP contribution in [0.25, 0.3) is 11.0 Å². The predicted molar refractivity (Wildman–Crippen MR) is 64.2 cm³/mol. The Hall–Kier alpha value is -1.66. The molecule has 0 saturated heterocycles. The molecule has 0 saturated carbocycles. The molecule has 1 atom stereocenters. The molecule has 2 aromatic heterocycles. The van der Waals surface area contributed by atoms with E-state index in [4.69, 9.17) is 10.8 Å². The highest BCUT2D eigenvalue weighted by atomic mass is 16.3. The number of nitrogen functional groups attached to an aromatic ring is 1. The van der Waals surface area contributed by atoms with Crippen LogP contribution in [0.1, 0.15) is 6.42 Å². The monoisotopic (exact) mass is 236 g/mol. The van der Waals surface area contributed by atoms with Gasteiger partial charge in [0.15, 0.2) is 0 Å². The lowest BCUT2D eigenvalue weighted by Crippen LogP contribution is -2.16. The Balaban J connectivity index is 2.27. The highest BCUT2D eigenvalue weighted by Crippen LogP contribution is 2.19. The van der Waals surface area contributed by atoms with Gasteiger partial charge in [0.25, 0.3) is 0 Å². The average Bonchev–Trinajstić information content (AvgIpc) is 2.73. The van der Waals surface area contributed by atoms with E-state index in [1.807, 2.05) is 16.8 Å². The Bertz CT molecular complexity index is 497. The normalized spacial score (nSPS) is 13.1. The van der Waals surface area contributed by atoms with Gasteiger partial charge < -0.3 is 20.5 Å². The van der Waals surface area contributed by atoms with Crippen LogP contribution in [0.4, 0.5) is 5.82 Å². The van der Waals surface area contributed by atoms with E-state index in [2.05, 4.69) is 9.97 Å². The topological polar surface area (TPSA) is 97.2 Å². The smallest absolute Gasteiger partial charge is 0.145 e. The Kier molecular flexibility index (Phi) is 3.55. The quantitative estimate of drug-likeness (QED) is 0.679. The van der Waals surface area contributed by atoms with Crippen LogP contribution in [0.2, 0.25) is 0 Å². The van der Waals surface area contributed by atoms with Gasteiger partial charge >= 0.3 is 0 Å². The minimum absolute atomic E-state index is 0.0202. The second-order valence-corrected chi connectivity index (χ2v) is 4.03. The first-order valence-electron chi connectivity index (χ1n) is 5.53. The standard InChI is InChI=1S/C11H16N4O2/c12-10-9-1-3-15(11(9)14-7-13-10)5-8(6-17)2-4-16/h1,3,7-8,16-17H,2,4-6H2,(H2,12,13,14)/t8-/m1/s1. The number of aromatic nitrogens is 3. The minimum atomic E-state index is 0.0202. The van der Waals surface area contributed by atoms with E-state index in [1.54, 1.807) is 0 Å². The number of aliphatic hydroxyl groups is 2. The van der Waals surface area contributed by atoms with E-state index in [0.717, 1.165) is 11.0 Å². The highest BCUT2D eigenvalue weighted by molar-refractivity contribution is 5.85. The van der Waals surface area contributed by atoms with Crippen molar-refractivity contribution in [3.8, 4) is 0 Å². The molecule has 2 rings (SSSR count). The molecule has 2 aromatic rings. The van der Waals surface area contributed by atoms with Crippen LogP contribution in [0.3, 0.4) is 0 Å². The third kappa shape index (κ3) is 2.37. The number of aliphatic hydroxyl groups excluding tert-OH is 2. The molecule has 0 fully saturated rings. The fourth-order valence-corrected chi connectivity index (χ4v) is 1.87. The fraction of sp³-hybridized carbons (Fsp3) is 0.455. The molecule has 2 heterocycles. The molecule has 0 unspecified atom stereocenters. The molecule has 0 aliphatic rings. The summed E-state index contributed by atoms with van der Waals surface area (Å²) in [7, 11) is 0. The van der Waals surface area contributed by atoms with Crippen molar-refractivity contribution in [2.45, 2.75) is 13.0 Å². The third-order valence-electron chi connectivity index (χ3n) is 2.84. The van der Waals surface area contributed by atoms with Crippen LogP contribution in [0.5, 0.6) is 0 Å². The van der Waals surface area contributed by atoms with E-state index >= 15 is 0 Å². The summed E-state index contributed by atoms with van der Waals surface area (Å²) in [6.45, 7) is 0.722. The van der Waals surface area contributed by atoms with Gasteiger partial charge in [0, 0.05) is 31.9 Å². The molecule has 0 bridgehead atoms. The summed E-state index contributed by atoms with van der Waals surface area (Å²) in [5, 5.41) is 18.9. The molecule has 6 heteroatoms. The molecule has 0 spiro atoms. The van der Waals surface area contributed by atoms with E-state index in [0.29, 0.717) is 18.8 Å². The van der Waals surface area contributed by atoms with Crippen LogP contribution >= 0.6 is 0 Å². The number of nitrogens with zero attached hydrogens (tertiary/aromatic N) is 3. The summed E-state index contributed by atoms with van der Waals surface area (Å²) >= 11 is 0. The Morgan fingerprint density at radius 2 is 2.18 bits per heavy atom. The maximum Gasteiger partial charge on any atom is 0.145 e. The molecular weight excluding hydrogens is 220 g/mol. The van der Waals surface area contributed by atoms with Gasteiger partial charge in [-0.25, -0.2) is 9.97 Å². The van der Waals surface area contributed by atoms with Crippen molar-refractivity contribution in [2.75, 3.05) is 18.9 Å². The molecule has 0 aliphatic carbocycles. The summed E-state index contributed by atoms with van der Waals surface area (Å²) in [4.78, 5) is 8.10. The fourth-order valence-electron chi connectivity index (χ4n) is 1.87. The average molecular weight is 236 g/mol. The largest absolute Gasteiger partial charge is 0.396 e. The SMILES string of the molecule is Nc1ncnc2c1ccn2C[C@H](CO)CCO. The molecule has 4 N–H and O–H groups in total. The zero-order valence-corrected chi connectivity index (χ0v) is 9.45. The lowest BCUT2D eigenvalue weighted by atomic mass is 10.1. The van der Waals surface area contributed by atoms with Gasteiger partial charge in [0.05, 0.1) is 5.39 Å². The lowest BCUT2D eigenvalue weighted by Gasteiger charge is -2.14. The lowest BCUT2D eigenvalue weighted by molar-refractivity contribution is 0.171. The first-order valence-corrected chi connectivity index (χ1v) is 5.53. The number of nitrogens with two attached hydrogens (primary N) is 1. The number of anilines is 1. The van der Waals surface area contributed by atoms with Crippen LogP contribution in [0.15, 0.2) is 18.6 Å². The molecule has 0 aliphatic heterocycles. The summed E-state index contributed by atoms with van der Waals surface area (Å²) in [5.41, 5.74) is 6.50. The van der Waals surface area contributed by atoms with Crippen LogP contribution in [-0.2, 0) is 6.54 Å². The molecule has 0 radical (unpaired) electrons. The number of hydrogen-bond donors (Lipinski definition) is 3. The van der Waals surface area contributed by atoms with Crippen molar-refractivity contribution in [1.82, 2.24) is 14.5 Å². The summed E-state index contributed by atoms with van der Waals surface area (Å²) < 4.78 is 1.92. The Labute approximate surface area is 98.7 Å². The van der Waals surface area contributed by atoms with Crippen molar-refractivity contribution >= 4 is 16.9 Å². The van der Waals surface area contributed by atoms with Gasteiger partial charge in [-0.15, -0.1) is 0 Å². The Morgan fingerprint density at radius 3 is 2.88 bits per heavy atom. The van der Waals surface area contributed by atoms with E-state index in [-0.39, 0.29) is 19.1 Å². The van der Waals surface area contributed by atoms with Crippen LogP contribution in [0, 0.1) is 5.92 Å².